The summed E-state index contributed by atoms with van der Waals surface area (Å²) in [4.78, 5) is 0. The Kier molecular flexibility index (Phi) is 4.72. The first kappa shape index (κ1) is 16.4. The number of hydrogen-bond donors (Lipinski definition) is 0. The predicted molar refractivity (Wildman–Crippen MR) is 73.3 cm³/mol. The molecule has 0 spiro atoms. The third kappa shape index (κ3) is 4.51. The van der Waals surface area contributed by atoms with Gasteiger partial charge in [-0.1, -0.05) is 11.6 Å². The zero-order valence-corrected chi connectivity index (χ0v) is 12.6. The second kappa shape index (κ2) is 6.04. The molecule has 0 N–H and O–H groups in total. The highest BCUT2D eigenvalue weighted by Gasteiger charge is 2.31. The van der Waals surface area contributed by atoms with Crippen LogP contribution in [0, 0.1) is 5.92 Å². The summed E-state index contributed by atoms with van der Waals surface area (Å²) in [5.74, 6) is 0.213. The zero-order valence-electron chi connectivity index (χ0n) is 11.0. The van der Waals surface area contributed by atoms with E-state index in [1.54, 1.807) is 0 Å². The van der Waals surface area contributed by atoms with Gasteiger partial charge in [-0.2, -0.15) is 13.2 Å². The summed E-state index contributed by atoms with van der Waals surface area (Å²) in [5, 5.41) is -0.136. The summed E-state index contributed by atoms with van der Waals surface area (Å²) in [6, 6.07) is 2.84. The van der Waals surface area contributed by atoms with E-state index in [0.29, 0.717) is 6.42 Å². The number of hydrogen-bond acceptors (Lipinski definition) is 3. The van der Waals surface area contributed by atoms with E-state index in [9.17, 15) is 21.6 Å². The first-order chi connectivity index (χ1) is 9.67. The van der Waals surface area contributed by atoms with Crippen molar-refractivity contribution in [3.05, 3.63) is 28.8 Å². The van der Waals surface area contributed by atoms with Gasteiger partial charge in [-0.05, 0) is 31.0 Å². The minimum absolute atomic E-state index is 0.0469. The van der Waals surface area contributed by atoms with Crippen LogP contribution in [-0.4, -0.2) is 26.5 Å². The fourth-order valence-electron chi connectivity index (χ4n) is 2.25. The maximum absolute atomic E-state index is 12.5. The lowest BCUT2D eigenvalue weighted by molar-refractivity contribution is -0.137. The van der Waals surface area contributed by atoms with Crippen LogP contribution in [-0.2, 0) is 16.0 Å². The molecule has 0 amide bonds. The van der Waals surface area contributed by atoms with Gasteiger partial charge in [-0.3, -0.25) is 0 Å². The predicted octanol–water partition coefficient (Wildman–Crippen LogP) is 3.56. The van der Waals surface area contributed by atoms with Gasteiger partial charge in [-0.15, -0.1) is 0 Å². The second-order valence-electron chi connectivity index (χ2n) is 5.08. The van der Waals surface area contributed by atoms with Gasteiger partial charge >= 0.3 is 6.18 Å². The molecule has 0 aliphatic carbocycles. The van der Waals surface area contributed by atoms with Crippen molar-refractivity contribution in [2.45, 2.75) is 19.0 Å². The first-order valence-electron chi connectivity index (χ1n) is 6.37. The van der Waals surface area contributed by atoms with Crippen LogP contribution in [0.2, 0.25) is 5.02 Å². The molecule has 1 fully saturated rings. The molecule has 21 heavy (non-hydrogen) atoms. The molecular weight excluding hydrogens is 329 g/mol. The minimum Gasteiger partial charge on any atom is -0.492 e. The molecule has 0 aromatic heterocycles. The number of rotatable bonds is 3. The Morgan fingerprint density at radius 1 is 1.33 bits per heavy atom. The van der Waals surface area contributed by atoms with Crippen LogP contribution in [0.4, 0.5) is 13.2 Å². The van der Waals surface area contributed by atoms with Gasteiger partial charge in [-0.25, -0.2) is 8.42 Å². The van der Waals surface area contributed by atoms with E-state index in [0.717, 1.165) is 24.6 Å². The molecule has 1 atom stereocenters. The molecule has 0 saturated carbocycles. The molecule has 0 bridgehead atoms. The summed E-state index contributed by atoms with van der Waals surface area (Å²) in [5.41, 5.74) is -0.847. The lowest BCUT2D eigenvalue weighted by atomic mass is 10.1. The van der Waals surface area contributed by atoms with E-state index in [-0.39, 0.29) is 34.8 Å². The number of halogens is 4. The Bertz CT molecular complexity index is 614. The third-order valence-electron chi connectivity index (χ3n) is 3.29. The van der Waals surface area contributed by atoms with Gasteiger partial charge in [0.1, 0.15) is 5.75 Å². The topological polar surface area (TPSA) is 43.4 Å². The van der Waals surface area contributed by atoms with Gasteiger partial charge in [0.15, 0.2) is 9.84 Å². The molecule has 1 unspecified atom stereocenters. The molecule has 1 saturated heterocycles. The Hall–Kier alpha value is -0.950. The highest BCUT2D eigenvalue weighted by atomic mass is 35.5. The number of sulfone groups is 1. The minimum atomic E-state index is -4.46. The van der Waals surface area contributed by atoms with Crippen LogP contribution in [0.15, 0.2) is 18.2 Å². The lowest BCUT2D eigenvalue weighted by Gasteiger charge is -2.22. The number of benzene rings is 1. The monoisotopic (exact) mass is 342 g/mol. The molecule has 1 aliphatic rings. The molecular formula is C13H14ClF3O3S. The van der Waals surface area contributed by atoms with E-state index in [1.165, 1.54) is 0 Å². The smallest absolute Gasteiger partial charge is 0.416 e. The van der Waals surface area contributed by atoms with Crippen LogP contribution >= 0.6 is 11.6 Å². The van der Waals surface area contributed by atoms with Crippen molar-refractivity contribution in [3.8, 4) is 5.75 Å². The fraction of sp³-hybridized carbons (Fsp3) is 0.538. The Labute approximate surface area is 126 Å². The van der Waals surface area contributed by atoms with Crippen molar-refractivity contribution >= 4 is 21.4 Å². The quantitative estimate of drug-likeness (QED) is 0.843. The zero-order chi connectivity index (χ0) is 15.7. The van der Waals surface area contributed by atoms with E-state index in [4.69, 9.17) is 16.3 Å². The maximum atomic E-state index is 12.5. The van der Waals surface area contributed by atoms with E-state index >= 15 is 0 Å². The molecule has 2 rings (SSSR count). The normalized spacial score (nSPS) is 22.0. The van der Waals surface area contributed by atoms with Gasteiger partial charge in [0.2, 0.25) is 0 Å². The summed E-state index contributed by atoms with van der Waals surface area (Å²) < 4.78 is 65.8. The van der Waals surface area contributed by atoms with Crippen molar-refractivity contribution < 1.29 is 26.3 Å². The second-order valence-corrected chi connectivity index (χ2v) is 7.71. The first-order valence-corrected chi connectivity index (χ1v) is 8.57. The average Bonchev–Trinajstić information content (AvgIpc) is 2.35. The van der Waals surface area contributed by atoms with Crippen LogP contribution < -0.4 is 4.74 Å². The van der Waals surface area contributed by atoms with Crippen molar-refractivity contribution in [2.75, 3.05) is 18.1 Å². The Morgan fingerprint density at radius 2 is 2.05 bits per heavy atom. The van der Waals surface area contributed by atoms with Crippen LogP contribution in [0.3, 0.4) is 0 Å². The van der Waals surface area contributed by atoms with Gasteiger partial charge in [0.25, 0.3) is 0 Å². The maximum Gasteiger partial charge on any atom is 0.416 e. The largest absolute Gasteiger partial charge is 0.492 e. The highest BCUT2D eigenvalue weighted by molar-refractivity contribution is 7.91. The van der Waals surface area contributed by atoms with Crippen molar-refractivity contribution in [1.29, 1.82) is 0 Å². The summed E-state index contributed by atoms with van der Waals surface area (Å²) >= 11 is 5.77. The number of ether oxygens (including phenoxy) is 1. The summed E-state index contributed by atoms with van der Waals surface area (Å²) in [6.45, 7) is 0.129. The van der Waals surface area contributed by atoms with Crippen molar-refractivity contribution in [2.24, 2.45) is 5.92 Å². The third-order valence-corrected chi connectivity index (χ3v) is 5.48. The van der Waals surface area contributed by atoms with Gasteiger partial charge in [0, 0.05) is 5.92 Å². The van der Waals surface area contributed by atoms with E-state index in [2.05, 4.69) is 0 Å². The van der Waals surface area contributed by atoms with E-state index < -0.39 is 21.6 Å². The van der Waals surface area contributed by atoms with Crippen LogP contribution in [0.25, 0.3) is 0 Å². The standard InChI is InChI=1S/C13H14ClF3O3S/c14-11-6-10(13(15,16)17)3-4-12(11)20-7-9-2-1-5-21(18,19)8-9/h3-4,6,9H,1-2,5,7-8H2. The molecule has 1 aliphatic heterocycles. The van der Waals surface area contributed by atoms with Gasteiger partial charge < -0.3 is 4.74 Å². The molecule has 3 nitrogen and oxygen atoms in total. The van der Waals surface area contributed by atoms with Crippen LogP contribution in [0.5, 0.6) is 5.75 Å². The molecule has 118 valence electrons. The van der Waals surface area contributed by atoms with Crippen molar-refractivity contribution in [3.63, 3.8) is 0 Å². The summed E-state index contributed by atoms with van der Waals surface area (Å²) in [6.07, 6.45) is -3.16. The fourth-order valence-corrected chi connectivity index (χ4v) is 4.24. The summed E-state index contributed by atoms with van der Waals surface area (Å²) in [7, 11) is -3.03. The van der Waals surface area contributed by atoms with E-state index in [1.807, 2.05) is 0 Å². The van der Waals surface area contributed by atoms with Gasteiger partial charge in [0.05, 0.1) is 28.7 Å². The molecule has 1 heterocycles. The Morgan fingerprint density at radius 3 is 2.62 bits per heavy atom. The molecule has 0 radical (unpaired) electrons. The SMILES string of the molecule is O=S1(=O)CCCC(COc2ccc(C(F)(F)F)cc2Cl)C1. The van der Waals surface area contributed by atoms with Crippen molar-refractivity contribution in [1.82, 2.24) is 0 Å². The lowest BCUT2D eigenvalue weighted by Crippen LogP contribution is -2.29. The highest BCUT2D eigenvalue weighted by Crippen LogP contribution is 2.35. The average molecular weight is 343 g/mol. The number of alkyl halides is 3. The van der Waals surface area contributed by atoms with Crippen LogP contribution in [0.1, 0.15) is 18.4 Å². The molecule has 8 heteroatoms. The molecule has 1 aromatic carbocycles. The molecule has 1 aromatic rings. The Balaban J connectivity index is 2.01.